The topological polar surface area (TPSA) is 50.7 Å². The molecular formula is C18H31NO3. The lowest BCUT2D eigenvalue weighted by Crippen LogP contribution is -2.22. The fourth-order valence-electron chi connectivity index (χ4n) is 1.85. The van der Waals surface area contributed by atoms with Crippen molar-refractivity contribution < 1.29 is 14.6 Å². The Bertz CT molecular complexity index is 384. The molecular weight excluding hydrogens is 278 g/mol. The maximum Gasteiger partial charge on any atom is 0.0701 e. The van der Waals surface area contributed by atoms with Gasteiger partial charge in [0.05, 0.1) is 33.0 Å². The Balaban J connectivity index is 3.73. The molecule has 0 heterocycles. The normalized spacial score (nSPS) is 13.1. The average Bonchev–Trinajstić information content (AvgIpc) is 2.45. The molecule has 4 nitrogen and oxygen atoms in total. The van der Waals surface area contributed by atoms with Crippen LogP contribution in [0.3, 0.4) is 0 Å². The molecule has 0 aromatic heterocycles. The molecule has 0 unspecified atom stereocenters. The molecule has 0 saturated carbocycles. The van der Waals surface area contributed by atoms with Crippen LogP contribution in [0, 0.1) is 0 Å². The molecule has 0 fully saturated rings. The molecule has 0 aliphatic carbocycles. The zero-order chi connectivity index (χ0) is 16.6. The van der Waals surface area contributed by atoms with E-state index in [0.717, 1.165) is 18.7 Å². The Kier molecular flexibility index (Phi) is 13.9. The van der Waals surface area contributed by atoms with Gasteiger partial charge in [-0.2, -0.15) is 0 Å². The van der Waals surface area contributed by atoms with Gasteiger partial charge in [0.2, 0.25) is 0 Å². The summed E-state index contributed by atoms with van der Waals surface area (Å²) in [6.45, 7) is 14.0. The van der Waals surface area contributed by atoms with E-state index in [1.54, 1.807) is 0 Å². The Morgan fingerprint density at radius 2 is 1.77 bits per heavy atom. The van der Waals surface area contributed by atoms with Crippen LogP contribution in [-0.4, -0.2) is 51.2 Å². The number of rotatable bonds is 13. The van der Waals surface area contributed by atoms with Crippen molar-refractivity contribution in [2.75, 3.05) is 46.1 Å². The van der Waals surface area contributed by atoms with Gasteiger partial charge in [-0.05, 0) is 26.3 Å². The van der Waals surface area contributed by atoms with E-state index in [2.05, 4.69) is 37.9 Å². The van der Waals surface area contributed by atoms with Gasteiger partial charge in [-0.15, -0.1) is 0 Å². The van der Waals surface area contributed by atoms with Gasteiger partial charge in [0.15, 0.2) is 0 Å². The first-order valence-electron chi connectivity index (χ1n) is 7.74. The molecule has 0 saturated heterocycles. The second kappa shape index (κ2) is 14.7. The van der Waals surface area contributed by atoms with Crippen molar-refractivity contribution in [3.8, 4) is 0 Å². The van der Waals surface area contributed by atoms with Crippen molar-refractivity contribution in [1.82, 2.24) is 5.32 Å². The molecule has 0 aromatic carbocycles. The molecule has 0 amide bonds. The second-order valence-electron chi connectivity index (χ2n) is 5.08. The number of aliphatic hydroxyl groups is 1. The molecule has 2 N–H and O–H groups in total. The predicted molar refractivity (Wildman–Crippen MR) is 93.1 cm³/mol. The van der Waals surface area contributed by atoms with Crippen molar-refractivity contribution in [2.24, 2.45) is 0 Å². The summed E-state index contributed by atoms with van der Waals surface area (Å²) in [4.78, 5) is 0. The third-order valence-electron chi connectivity index (χ3n) is 2.70. The van der Waals surface area contributed by atoms with Gasteiger partial charge in [0, 0.05) is 13.1 Å². The van der Waals surface area contributed by atoms with E-state index < -0.39 is 0 Å². The van der Waals surface area contributed by atoms with Gasteiger partial charge in [-0.1, -0.05) is 42.0 Å². The minimum atomic E-state index is 0.0586. The van der Waals surface area contributed by atoms with Crippen LogP contribution in [-0.2, 0) is 9.47 Å². The van der Waals surface area contributed by atoms with Gasteiger partial charge in [-0.25, -0.2) is 0 Å². The minimum Gasteiger partial charge on any atom is -0.394 e. The molecule has 0 aromatic rings. The van der Waals surface area contributed by atoms with Crippen molar-refractivity contribution in [3.63, 3.8) is 0 Å². The third kappa shape index (κ3) is 13.8. The summed E-state index contributed by atoms with van der Waals surface area (Å²) in [6, 6.07) is 0. The second-order valence-corrected chi connectivity index (χ2v) is 5.08. The summed E-state index contributed by atoms with van der Waals surface area (Å²) in [5.74, 6) is 0. The number of nitrogens with one attached hydrogen (secondary N) is 1. The first-order chi connectivity index (χ1) is 10.6. The van der Waals surface area contributed by atoms with Crippen LogP contribution in [0.5, 0.6) is 0 Å². The number of allylic oxidation sites excluding steroid dienone is 6. The standard InChI is InChI=1S/C18H31NO3/c1-5-6-16(2)13-17(3)14-18(4)15-19-7-9-21-11-12-22-10-8-20/h5-6,13-14,19-20H,2,7-12,15H2,1,3-4H3/b6-5-,17-13+,18-14+. The number of hydrogen-bond donors (Lipinski definition) is 2. The number of aliphatic hydroxyl groups excluding tert-OH is 1. The molecule has 126 valence electrons. The van der Waals surface area contributed by atoms with E-state index in [1.807, 2.05) is 19.1 Å². The first kappa shape index (κ1) is 20.8. The number of hydrogen-bond acceptors (Lipinski definition) is 4. The summed E-state index contributed by atoms with van der Waals surface area (Å²) in [5.41, 5.74) is 3.47. The Labute approximate surface area is 135 Å². The van der Waals surface area contributed by atoms with Crippen molar-refractivity contribution in [1.29, 1.82) is 0 Å². The molecule has 0 bridgehead atoms. The molecule has 0 aliphatic rings. The van der Waals surface area contributed by atoms with Crippen LogP contribution in [0.1, 0.15) is 20.8 Å². The lowest BCUT2D eigenvalue weighted by atomic mass is 10.1. The highest BCUT2D eigenvalue weighted by atomic mass is 16.5. The van der Waals surface area contributed by atoms with Crippen LogP contribution >= 0.6 is 0 Å². The van der Waals surface area contributed by atoms with Gasteiger partial charge in [0.25, 0.3) is 0 Å². The SMILES string of the molecule is C=C(/C=C\C)/C=C(C)/C=C(\C)CNCCOCCOCCO. The van der Waals surface area contributed by atoms with Crippen molar-refractivity contribution in [3.05, 3.63) is 47.6 Å². The predicted octanol–water partition coefficient (Wildman–Crippen LogP) is 2.63. The van der Waals surface area contributed by atoms with Crippen LogP contribution < -0.4 is 5.32 Å². The van der Waals surface area contributed by atoms with Crippen molar-refractivity contribution >= 4 is 0 Å². The highest BCUT2D eigenvalue weighted by molar-refractivity contribution is 5.35. The molecule has 22 heavy (non-hydrogen) atoms. The molecule has 0 atom stereocenters. The van der Waals surface area contributed by atoms with Crippen LogP contribution in [0.2, 0.25) is 0 Å². The van der Waals surface area contributed by atoms with Crippen LogP contribution in [0.15, 0.2) is 47.6 Å². The number of ether oxygens (including phenoxy) is 2. The smallest absolute Gasteiger partial charge is 0.0701 e. The minimum absolute atomic E-state index is 0.0586. The van der Waals surface area contributed by atoms with Crippen LogP contribution in [0.4, 0.5) is 0 Å². The van der Waals surface area contributed by atoms with E-state index in [9.17, 15) is 0 Å². The monoisotopic (exact) mass is 309 g/mol. The van der Waals surface area contributed by atoms with Crippen molar-refractivity contribution in [2.45, 2.75) is 20.8 Å². The summed E-state index contributed by atoms with van der Waals surface area (Å²) in [6.07, 6.45) is 8.20. The molecule has 0 radical (unpaired) electrons. The summed E-state index contributed by atoms with van der Waals surface area (Å²) in [7, 11) is 0. The highest BCUT2D eigenvalue weighted by Crippen LogP contribution is 2.06. The zero-order valence-electron chi connectivity index (χ0n) is 14.2. The highest BCUT2D eigenvalue weighted by Gasteiger charge is 1.93. The zero-order valence-corrected chi connectivity index (χ0v) is 14.2. The fraction of sp³-hybridized carbons (Fsp3) is 0.556. The Morgan fingerprint density at radius 3 is 2.41 bits per heavy atom. The van der Waals surface area contributed by atoms with E-state index >= 15 is 0 Å². The first-order valence-corrected chi connectivity index (χ1v) is 7.74. The third-order valence-corrected chi connectivity index (χ3v) is 2.70. The molecule has 0 spiro atoms. The summed E-state index contributed by atoms with van der Waals surface area (Å²) < 4.78 is 10.5. The average molecular weight is 309 g/mol. The van der Waals surface area contributed by atoms with E-state index in [1.165, 1.54) is 11.1 Å². The largest absolute Gasteiger partial charge is 0.394 e. The Morgan fingerprint density at radius 1 is 1.09 bits per heavy atom. The van der Waals surface area contributed by atoms with Gasteiger partial charge in [-0.3, -0.25) is 0 Å². The van der Waals surface area contributed by atoms with E-state index in [0.29, 0.717) is 26.4 Å². The quantitative estimate of drug-likeness (QED) is 0.406. The van der Waals surface area contributed by atoms with E-state index in [-0.39, 0.29) is 6.61 Å². The lowest BCUT2D eigenvalue weighted by molar-refractivity contribution is 0.0341. The molecule has 4 heteroatoms. The molecule has 0 rings (SSSR count). The Hall–Kier alpha value is -1.20. The maximum atomic E-state index is 8.53. The van der Waals surface area contributed by atoms with Crippen LogP contribution in [0.25, 0.3) is 0 Å². The van der Waals surface area contributed by atoms with E-state index in [4.69, 9.17) is 14.6 Å². The summed E-state index contributed by atoms with van der Waals surface area (Å²) in [5, 5.41) is 11.9. The van der Waals surface area contributed by atoms with Gasteiger partial charge in [0.1, 0.15) is 0 Å². The summed E-state index contributed by atoms with van der Waals surface area (Å²) >= 11 is 0. The maximum absolute atomic E-state index is 8.53. The van der Waals surface area contributed by atoms with Gasteiger partial charge >= 0.3 is 0 Å². The van der Waals surface area contributed by atoms with Gasteiger partial charge < -0.3 is 19.9 Å². The fourth-order valence-corrected chi connectivity index (χ4v) is 1.85. The lowest BCUT2D eigenvalue weighted by Gasteiger charge is -2.07. The molecule has 0 aliphatic heterocycles.